The fourth-order valence-corrected chi connectivity index (χ4v) is 12.6. The fraction of sp³-hybridized carbons (Fsp3) is 0.758. The van der Waals surface area contributed by atoms with Gasteiger partial charge in [0.15, 0.2) is 30.9 Å². The Bertz CT molecular complexity index is 2690. The van der Waals surface area contributed by atoms with E-state index in [0.717, 1.165) is 0 Å². The van der Waals surface area contributed by atoms with Crippen molar-refractivity contribution in [3.63, 3.8) is 0 Å². The maximum absolute atomic E-state index is 14.7. The highest BCUT2D eigenvalue weighted by Gasteiger charge is 2.57. The van der Waals surface area contributed by atoms with Gasteiger partial charge in [0, 0.05) is 37.5 Å². The lowest BCUT2D eigenvalue weighted by Gasteiger charge is -2.50. The predicted molar refractivity (Wildman–Crippen MR) is 345 cm³/mol. The summed E-state index contributed by atoms with van der Waals surface area (Å²) in [5.74, 6) is -7.29. The number of ether oxygens (including phenoxy) is 10. The number of nitrogens with two attached hydrogens (primary N) is 4. The Morgan fingerprint density at radius 3 is 1.73 bits per heavy atom. The van der Waals surface area contributed by atoms with Gasteiger partial charge in [-0.2, -0.15) is 0 Å². The zero-order chi connectivity index (χ0) is 73.4. The van der Waals surface area contributed by atoms with Gasteiger partial charge < -0.3 is 157 Å². The molecule has 8 unspecified atom stereocenters. The zero-order valence-electron chi connectivity index (χ0n) is 56.1. The number of hydrogen-bond acceptors (Lipinski definition) is 33. The first-order valence-corrected chi connectivity index (χ1v) is 33.5. The maximum atomic E-state index is 14.7. The second-order valence-electron chi connectivity index (χ2n) is 26.9. The molecule has 2 bridgehead atoms. The summed E-state index contributed by atoms with van der Waals surface area (Å²) in [5, 5.41) is 188. The monoisotopic (exact) mass is 1420 g/mol. The van der Waals surface area contributed by atoms with E-state index in [2.05, 4.69) is 0 Å². The van der Waals surface area contributed by atoms with Crippen molar-refractivity contribution in [2.45, 2.75) is 275 Å². The van der Waals surface area contributed by atoms with Crippen molar-refractivity contribution >= 4 is 11.9 Å². The normalized spacial score (nSPS) is 48.8. The third kappa shape index (κ3) is 23.0. The molecule has 5 saturated heterocycles. The third-order valence-corrected chi connectivity index (χ3v) is 19.0. The fourth-order valence-electron chi connectivity index (χ4n) is 12.6. The van der Waals surface area contributed by atoms with Crippen LogP contribution in [0.1, 0.15) is 86.0 Å². The number of aliphatic hydroxyl groups excluding tert-OH is 15. The molecule has 6 aliphatic rings. The number of allylic oxidation sites excluding steroid dienone is 12. The lowest BCUT2D eigenvalue weighted by Crippen LogP contribution is -2.71. The van der Waals surface area contributed by atoms with Crippen LogP contribution in [0.15, 0.2) is 85.1 Å². The van der Waals surface area contributed by atoms with E-state index in [1.807, 2.05) is 0 Å². The second kappa shape index (κ2) is 38.6. The molecule has 6 aliphatic heterocycles. The third-order valence-electron chi connectivity index (χ3n) is 19.0. The Hall–Kier alpha value is -4.04. The Balaban J connectivity index is 1.26. The molecule has 6 heterocycles. The summed E-state index contributed by atoms with van der Waals surface area (Å²) >= 11 is 0. The van der Waals surface area contributed by atoms with Gasteiger partial charge in [0.05, 0.1) is 111 Å². The number of carbonyl (C=O) groups excluding carboxylic acids is 2. The van der Waals surface area contributed by atoms with Crippen molar-refractivity contribution in [3.05, 3.63) is 85.1 Å². The number of esters is 2. The first kappa shape index (κ1) is 83.9. The number of cyclic esters (lactones) is 1. The van der Waals surface area contributed by atoms with E-state index in [4.69, 9.17) is 70.3 Å². The molecular formula is C66H108N4O29. The predicted octanol–water partition coefficient (Wildman–Crippen LogP) is -6.09. The van der Waals surface area contributed by atoms with E-state index in [1.165, 1.54) is 26.0 Å². The molecule has 0 spiro atoms. The Kier molecular flexibility index (Phi) is 32.7. The van der Waals surface area contributed by atoms with Gasteiger partial charge in [-0.15, -0.1) is 0 Å². The summed E-state index contributed by atoms with van der Waals surface area (Å²) in [7, 11) is 0. The van der Waals surface area contributed by atoms with Crippen LogP contribution >= 0.6 is 0 Å². The van der Waals surface area contributed by atoms with Gasteiger partial charge in [-0.3, -0.25) is 9.59 Å². The Morgan fingerprint density at radius 2 is 1.11 bits per heavy atom. The maximum Gasteiger partial charge on any atom is 0.314 e. The molecule has 566 valence electrons. The molecule has 6 rings (SSSR count). The molecule has 0 saturated carbocycles. The second-order valence-corrected chi connectivity index (χ2v) is 26.9. The van der Waals surface area contributed by atoms with Crippen LogP contribution in [0.5, 0.6) is 0 Å². The van der Waals surface area contributed by atoms with Crippen LogP contribution in [0, 0.1) is 17.8 Å². The lowest BCUT2D eigenvalue weighted by molar-refractivity contribution is -0.354. The van der Waals surface area contributed by atoms with Crippen LogP contribution < -0.4 is 22.9 Å². The molecule has 5 fully saturated rings. The van der Waals surface area contributed by atoms with Crippen molar-refractivity contribution in [2.24, 2.45) is 40.7 Å². The molecule has 0 aromatic carbocycles. The number of aliphatic hydroxyl groups is 17. The van der Waals surface area contributed by atoms with Crippen LogP contribution in [0.25, 0.3) is 0 Å². The van der Waals surface area contributed by atoms with Crippen molar-refractivity contribution < 1.29 is 144 Å². The molecule has 33 heteroatoms. The minimum Gasteiger partial charge on any atom is -0.462 e. The van der Waals surface area contributed by atoms with E-state index >= 15 is 0 Å². The van der Waals surface area contributed by atoms with Gasteiger partial charge in [0.1, 0.15) is 79.2 Å². The van der Waals surface area contributed by atoms with E-state index in [-0.39, 0.29) is 25.2 Å². The lowest BCUT2D eigenvalue weighted by atomic mass is 9.82. The van der Waals surface area contributed by atoms with E-state index in [1.54, 1.807) is 93.7 Å². The molecule has 0 radical (unpaired) electrons. The highest BCUT2D eigenvalue weighted by molar-refractivity contribution is 5.74. The molecule has 0 aliphatic carbocycles. The first-order valence-electron chi connectivity index (χ1n) is 33.5. The number of rotatable bonds is 11. The quantitative estimate of drug-likeness (QED) is 0.0856. The molecule has 0 amide bonds. The standard InChI is InChI=1S/C66H108N4O29/c1-31-18-16-14-12-10-8-6-7-9-11-13-15-17-19-38(93-63-55(84)48(67)52(81)34(4)92-63)25-42-47(41(78)27-66(89,99-42)26-37(75)23-40(77)39(76)21-20-35(73)22-36(74)24-46(79)91-33(3)32(2)51(31)80)60(86)90-30-45-57(53(82)49(68)61(87)94-45)97-62-50(69)54(83)56(43(28-71)95-62)98-64-58(70)65(5,88)59(85)44(29-72)96-64/h6-19,31-45,47-59,61-64,71-78,80-85,87-89H,20-30,67-70H2,1-5H3/b7-6+,10-8+,11-9+,14-12+,15-13+,18-16+,19-17+/t31-,32-,33-,34-,35+,36+,37-,38-,39+,40+,41-,42-,43?,44?,45?,47+,48+,49?,50?,51+,52-,53-,54-,55+,56+,57+,58?,59+,61+,62-,63?,64-,65?,66+/m0/s1. The van der Waals surface area contributed by atoms with Gasteiger partial charge in [-0.05, 0) is 40.0 Å². The van der Waals surface area contributed by atoms with Crippen LogP contribution in [0.2, 0.25) is 0 Å². The number of hydrogen-bond donors (Lipinski definition) is 21. The minimum atomic E-state index is -2.56. The first-order chi connectivity index (χ1) is 46.6. The summed E-state index contributed by atoms with van der Waals surface area (Å²) < 4.78 is 58.8. The summed E-state index contributed by atoms with van der Waals surface area (Å²) in [6.45, 7) is 5.14. The zero-order valence-corrected chi connectivity index (χ0v) is 56.1. The summed E-state index contributed by atoms with van der Waals surface area (Å²) in [6, 6.07) is -6.04. The minimum absolute atomic E-state index is 0.198. The topological polar surface area (TPSA) is 574 Å². The highest BCUT2D eigenvalue weighted by atomic mass is 16.7. The van der Waals surface area contributed by atoms with Crippen LogP contribution in [-0.2, 0) is 57.0 Å². The van der Waals surface area contributed by atoms with Crippen LogP contribution in [0.3, 0.4) is 0 Å². The molecule has 25 N–H and O–H groups in total. The summed E-state index contributed by atoms with van der Waals surface area (Å²) in [6.07, 6.45) is -19.1. The summed E-state index contributed by atoms with van der Waals surface area (Å²) in [5.41, 5.74) is 22.8. The van der Waals surface area contributed by atoms with E-state index < -0.39 is 265 Å². The highest BCUT2D eigenvalue weighted by Crippen LogP contribution is 2.40. The Morgan fingerprint density at radius 1 is 0.545 bits per heavy atom. The smallest absolute Gasteiger partial charge is 0.314 e. The number of carbonyl (C=O) groups is 2. The van der Waals surface area contributed by atoms with Crippen molar-refractivity contribution in [1.29, 1.82) is 0 Å². The molecule has 0 aromatic heterocycles. The molecular weight excluding hydrogens is 1310 g/mol. The van der Waals surface area contributed by atoms with E-state index in [9.17, 15) is 96.4 Å². The Labute approximate surface area is 574 Å². The van der Waals surface area contributed by atoms with Gasteiger partial charge in [0.25, 0.3) is 0 Å². The van der Waals surface area contributed by atoms with Crippen molar-refractivity contribution in [3.8, 4) is 0 Å². The van der Waals surface area contributed by atoms with Crippen LogP contribution in [0.4, 0.5) is 0 Å². The van der Waals surface area contributed by atoms with Gasteiger partial charge >= 0.3 is 11.9 Å². The SMILES string of the molecule is C[C@@H]1[C@H](O)[C@@H](C)/C=C/C=C/C=C/C=C/C=C/C=C/C=C/[C@H](OC2O[C@@H](C)[C@H](O)[C@@H](N)[C@H]2O)C[C@@H]2O[C@](O)(C[C@@H](O)C[C@@H](O)[C@H](O)CC[C@@H](O)C[C@@H](O)CC(=O)O[C@H]1C)C[C@H](O)[C@H]2C(=O)OCC1O[C@@H](O)C(N)[C@H](O)[C@@H]1O[C@@H]1OC(CO)[C@@H](O[C@@H]2OC(CO)[C@@H](O)C(C)(O)C2N)[C@@H](O)C1N. The molecule has 0 aromatic rings. The largest absolute Gasteiger partial charge is 0.462 e. The molecule has 33 nitrogen and oxygen atoms in total. The molecule has 34 atom stereocenters. The van der Waals surface area contributed by atoms with Crippen molar-refractivity contribution in [1.82, 2.24) is 0 Å². The number of fused-ring (bicyclic) bond motifs is 2. The molecule has 99 heavy (non-hydrogen) atoms. The van der Waals surface area contributed by atoms with Gasteiger partial charge in [0.2, 0.25) is 0 Å². The van der Waals surface area contributed by atoms with Gasteiger partial charge in [-0.1, -0.05) is 98.9 Å². The van der Waals surface area contributed by atoms with E-state index in [0.29, 0.717) is 0 Å². The average molecular weight is 1420 g/mol. The van der Waals surface area contributed by atoms with Gasteiger partial charge in [-0.25, -0.2) is 0 Å². The van der Waals surface area contributed by atoms with Crippen LogP contribution in [-0.4, -0.2) is 307 Å². The average Bonchev–Trinajstić information content (AvgIpc) is 0.777. The van der Waals surface area contributed by atoms with Crippen molar-refractivity contribution in [2.75, 3.05) is 19.8 Å². The summed E-state index contributed by atoms with van der Waals surface area (Å²) in [4.78, 5) is 27.6.